The van der Waals surface area contributed by atoms with Gasteiger partial charge in [-0.2, -0.15) is 0 Å². The smallest absolute Gasteiger partial charge is 0.258 e. The normalized spacial score (nSPS) is 17.5. The zero-order valence-electron chi connectivity index (χ0n) is 23.5. The summed E-state index contributed by atoms with van der Waals surface area (Å²) in [4.78, 5) is 18.0. The fraction of sp³-hybridized carbons (Fsp3) is 0.364. The number of nitrogens with zero attached hydrogens (tertiary/aromatic N) is 4. The summed E-state index contributed by atoms with van der Waals surface area (Å²) < 4.78 is 11.8. The molecule has 4 aromatic rings. The summed E-state index contributed by atoms with van der Waals surface area (Å²) in [5, 5.41) is 17.4. The number of likely N-dealkylation sites (tertiary alicyclic amines) is 1. The molecule has 8 heteroatoms. The van der Waals surface area contributed by atoms with Gasteiger partial charge < -0.3 is 24.1 Å². The monoisotopic (exact) mass is 550 g/mol. The molecule has 3 aliphatic rings. The summed E-state index contributed by atoms with van der Waals surface area (Å²) in [6.45, 7) is 8.03. The van der Waals surface area contributed by atoms with Gasteiger partial charge in [0.05, 0.1) is 13.2 Å². The van der Waals surface area contributed by atoms with Crippen molar-refractivity contribution in [2.45, 2.75) is 38.5 Å². The average Bonchev–Trinajstić information content (AvgIpc) is 3.70. The van der Waals surface area contributed by atoms with Gasteiger partial charge >= 0.3 is 0 Å². The number of β-amino-alcohol motifs (C(OH)–C–C–N with tert-alkyl or cyclic N) is 1. The number of fused-ring (bicyclic) bond motifs is 3. The molecule has 210 valence electrons. The van der Waals surface area contributed by atoms with Gasteiger partial charge in [0.15, 0.2) is 0 Å². The van der Waals surface area contributed by atoms with E-state index in [0.717, 1.165) is 72.6 Å². The first kappa shape index (κ1) is 25.9. The Morgan fingerprint density at radius 2 is 1.76 bits per heavy atom. The standard InChI is InChI=1S/C33H34N4O4/c1-21-17-26(31-35-34-22(2)41-31)7-8-27(21)23-3-5-24(6-4-23)32(39)37-12-9-25-18-30-28(19-29(25)37)33(20-40-30)10-13-36(14-11-33)15-16-38/h3-8,17-19,38H,9-16,20H2,1-2H3. The lowest BCUT2D eigenvalue weighted by Gasteiger charge is -2.38. The Morgan fingerprint density at radius 1 is 0.976 bits per heavy atom. The van der Waals surface area contributed by atoms with Crippen LogP contribution >= 0.6 is 0 Å². The summed E-state index contributed by atoms with van der Waals surface area (Å²) in [6, 6.07) is 18.4. The molecular weight excluding hydrogens is 516 g/mol. The lowest BCUT2D eigenvalue weighted by Crippen LogP contribution is -2.44. The largest absolute Gasteiger partial charge is 0.492 e. The first-order valence-electron chi connectivity index (χ1n) is 14.4. The lowest BCUT2D eigenvalue weighted by molar-refractivity contribution is 0.0989. The van der Waals surface area contributed by atoms with Crippen LogP contribution in [0.2, 0.25) is 0 Å². The zero-order chi connectivity index (χ0) is 28.1. The van der Waals surface area contributed by atoms with Gasteiger partial charge in [0, 0.05) is 47.8 Å². The predicted molar refractivity (Wildman–Crippen MR) is 156 cm³/mol. The summed E-state index contributed by atoms with van der Waals surface area (Å²) in [5.74, 6) is 2.06. The fourth-order valence-electron chi connectivity index (χ4n) is 6.69. The van der Waals surface area contributed by atoms with Crippen molar-refractivity contribution in [1.29, 1.82) is 0 Å². The Hall–Kier alpha value is -4.01. The van der Waals surface area contributed by atoms with Gasteiger partial charge in [-0.1, -0.05) is 18.2 Å². The second kappa shape index (κ2) is 10.1. The van der Waals surface area contributed by atoms with Gasteiger partial charge in [-0.15, -0.1) is 10.2 Å². The quantitative estimate of drug-likeness (QED) is 0.376. The van der Waals surface area contributed by atoms with E-state index < -0.39 is 0 Å². The SMILES string of the molecule is Cc1nnc(-c2ccc(-c3ccc(C(=O)N4CCc5cc6c(cc54)C4(CCN(CCO)CC4)CO6)cc3)c(C)c2)o1. The van der Waals surface area contributed by atoms with Crippen molar-refractivity contribution in [3.63, 3.8) is 0 Å². The van der Waals surface area contributed by atoms with E-state index in [-0.39, 0.29) is 17.9 Å². The second-order valence-corrected chi connectivity index (χ2v) is 11.6. The first-order chi connectivity index (χ1) is 19.9. The fourth-order valence-corrected chi connectivity index (χ4v) is 6.69. The molecule has 0 aliphatic carbocycles. The van der Waals surface area contributed by atoms with Crippen LogP contribution in [0.3, 0.4) is 0 Å². The third kappa shape index (κ3) is 4.51. The van der Waals surface area contributed by atoms with E-state index in [9.17, 15) is 9.90 Å². The van der Waals surface area contributed by atoms with Crippen LogP contribution in [0, 0.1) is 13.8 Å². The van der Waals surface area contributed by atoms with Crippen molar-refractivity contribution in [2.24, 2.45) is 0 Å². The summed E-state index contributed by atoms with van der Waals surface area (Å²) >= 11 is 0. The zero-order valence-corrected chi connectivity index (χ0v) is 23.5. The van der Waals surface area contributed by atoms with Crippen LogP contribution in [0.5, 0.6) is 5.75 Å². The number of carbonyl (C=O) groups excluding carboxylic acids is 1. The van der Waals surface area contributed by atoms with Gasteiger partial charge in [-0.05, 0) is 97.9 Å². The maximum absolute atomic E-state index is 13.8. The van der Waals surface area contributed by atoms with Crippen molar-refractivity contribution in [3.8, 4) is 28.3 Å². The molecule has 7 rings (SSSR count). The lowest BCUT2D eigenvalue weighted by atomic mass is 9.74. The van der Waals surface area contributed by atoms with Crippen LogP contribution < -0.4 is 9.64 Å². The van der Waals surface area contributed by atoms with E-state index in [2.05, 4.69) is 40.2 Å². The summed E-state index contributed by atoms with van der Waals surface area (Å²) in [6.07, 6.45) is 2.84. The number of carbonyl (C=O) groups is 1. The average molecular weight is 551 g/mol. The molecule has 8 nitrogen and oxygen atoms in total. The number of hydrogen-bond donors (Lipinski definition) is 1. The molecule has 3 aromatic carbocycles. The van der Waals surface area contributed by atoms with E-state index in [0.29, 0.717) is 30.5 Å². The van der Waals surface area contributed by atoms with Crippen LogP contribution in [0.25, 0.3) is 22.6 Å². The Bertz CT molecular complexity index is 1620. The number of anilines is 1. The van der Waals surface area contributed by atoms with Gasteiger partial charge in [-0.25, -0.2) is 0 Å². The Morgan fingerprint density at radius 3 is 2.46 bits per heavy atom. The highest BCUT2D eigenvalue weighted by Gasteiger charge is 2.44. The highest BCUT2D eigenvalue weighted by Crippen LogP contribution is 2.49. The number of rotatable bonds is 5. The molecular formula is C33H34N4O4. The molecule has 0 atom stereocenters. The number of aryl methyl sites for hydroxylation is 2. The summed E-state index contributed by atoms with van der Waals surface area (Å²) in [5.41, 5.74) is 8.24. The Balaban J connectivity index is 1.11. The van der Waals surface area contributed by atoms with Crippen molar-refractivity contribution >= 4 is 11.6 Å². The Kier molecular flexibility index (Phi) is 6.40. The third-order valence-corrected chi connectivity index (χ3v) is 9.07. The number of hydrogen-bond acceptors (Lipinski definition) is 7. The van der Waals surface area contributed by atoms with Crippen LogP contribution in [0.15, 0.2) is 59.0 Å². The molecule has 1 amide bonds. The maximum Gasteiger partial charge on any atom is 0.258 e. The van der Waals surface area contributed by atoms with E-state index in [1.165, 1.54) is 11.1 Å². The van der Waals surface area contributed by atoms with Crippen LogP contribution in [0.1, 0.15) is 45.8 Å². The third-order valence-electron chi connectivity index (χ3n) is 9.07. The van der Waals surface area contributed by atoms with Gasteiger partial charge in [0.25, 0.3) is 5.91 Å². The minimum Gasteiger partial charge on any atom is -0.492 e. The van der Waals surface area contributed by atoms with Crippen LogP contribution in [-0.4, -0.2) is 65.5 Å². The molecule has 1 N–H and O–H groups in total. The van der Waals surface area contributed by atoms with Crippen molar-refractivity contribution < 1.29 is 19.1 Å². The highest BCUT2D eigenvalue weighted by atomic mass is 16.5. The molecule has 1 fully saturated rings. The topological polar surface area (TPSA) is 91.9 Å². The van der Waals surface area contributed by atoms with E-state index in [4.69, 9.17) is 9.15 Å². The minimum atomic E-state index is -0.00890. The molecule has 4 heterocycles. The number of aliphatic hydroxyl groups is 1. The van der Waals surface area contributed by atoms with Gasteiger partial charge in [-0.3, -0.25) is 4.79 Å². The molecule has 0 saturated carbocycles. The van der Waals surface area contributed by atoms with Crippen LogP contribution in [-0.2, 0) is 11.8 Å². The highest BCUT2D eigenvalue weighted by molar-refractivity contribution is 6.07. The summed E-state index contributed by atoms with van der Waals surface area (Å²) in [7, 11) is 0. The van der Waals surface area contributed by atoms with Crippen molar-refractivity contribution in [2.75, 3.05) is 44.3 Å². The maximum atomic E-state index is 13.8. The molecule has 1 aromatic heterocycles. The number of benzene rings is 3. The number of ether oxygens (including phenoxy) is 1. The molecule has 0 bridgehead atoms. The molecule has 3 aliphatic heterocycles. The van der Waals surface area contributed by atoms with Gasteiger partial charge in [0.1, 0.15) is 5.75 Å². The number of amides is 1. The van der Waals surface area contributed by atoms with E-state index >= 15 is 0 Å². The van der Waals surface area contributed by atoms with Crippen LogP contribution in [0.4, 0.5) is 5.69 Å². The minimum absolute atomic E-state index is 0.00890. The Labute approximate surface area is 239 Å². The molecule has 0 radical (unpaired) electrons. The van der Waals surface area contributed by atoms with E-state index in [1.54, 1.807) is 6.92 Å². The number of aliphatic hydroxyl groups excluding tert-OH is 1. The predicted octanol–water partition coefficient (Wildman–Crippen LogP) is 4.94. The number of piperidine rings is 1. The second-order valence-electron chi connectivity index (χ2n) is 11.6. The number of aromatic nitrogens is 2. The van der Waals surface area contributed by atoms with Crippen molar-refractivity contribution in [1.82, 2.24) is 15.1 Å². The molecule has 1 spiro atoms. The van der Waals surface area contributed by atoms with E-state index in [1.807, 2.05) is 41.3 Å². The molecule has 1 saturated heterocycles. The molecule has 41 heavy (non-hydrogen) atoms. The van der Waals surface area contributed by atoms with Gasteiger partial charge in [0.2, 0.25) is 11.8 Å². The molecule has 0 unspecified atom stereocenters. The first-order valence-corrected chi connectivity index (χ1v) is 14.4. The van der Waals surface area contributed by atoms with Crippen molar-refractivity contribution in [3.05, 3.63) is 82.7 Å².